The highest BCUT2D eigenvalue weighted by Gasteiger charge is 2.24. The standard InChI is InChI=1S/C21H30N4O2S.HI/c1-3-22-20(24-16-21(2,26)19-5-4-14-28-19)23-15-17-6-8-18(9-7-17)25-10-12-27-13-11-25;/h4-9,14,26H,3,10-13,15-16H2,1-2H3,(H2,22,23,24);1H. The summed E-state index contributed by atoms with van der Waals surface area (Å²) in [4.78, 5) is 7.94. The van der Waals surface area contributed by atoms with Crippen molar-refractivity contribution in [1.29, 1.82) is 0 Å². The number of halogens is 1. The third kappa shape index (κ3) is 7.13. The lowest BCUT2D eigenvalue weighted by Gasteiger charge is -2.28. The first-order valence-electron chi connectivity index (χ1n) is 9.78. The molecule has 0 aliphatic carbocycles. The number of morpholine rings is 1. The molecule has 0 saturated carbocycles. The van der Waals surface area contributed by atoms with Crippen molar-refractivity contribution < 1.29 is 9.84 Å². The summed E-state index contributed by atoms with van der Waals surface area (Å²) < 4.78 is 5.41. The Kier molecular flexibility index (Phi) is 9.67. The zero-order valence-electron chi connectivity index (χ0n) is 17.1. The number of ether oxygens (including phenoxy) is 1. The van der Waals surface area contributed by atoms with E-state index in [0.717, 1.165) is 43.3 Å². The first-order valence-corrected chi connectivity index (χ1v) is 10.7. The van der Waals surface area contributed by atoms with Crippen LogP contribution >= 0.6 is 35.3 Å². The molecule has 1 aliphatic heterocycles. The molecule has 0 radical (unpaired) electrons. The van der Waals surface area contributed by atoms with Gasteiger partial charge >= 0.3 is 0 Å². The van der Waals surface area contributed by atoms with Gasteiger partial charge in [-0.15, -0.1) is 35.3 Å². The van der Waals surface area contributed by atoms with E-state index in [-0.39, 0.29) is 24.0 Å². The van der Waals surface area contributed by atoms with Gasteiger partial charge in [0.15, 0.2) is 5.96 Å². The molecule has 0 bridgehead atoms. The molecule has 29 heavy (non-hydrogen) atoms. The maximum Gasteiger partial charge on any atom is 0.191 e. The van der Waals surface area contributed by atoms with Gasteiger partial charge in [-0.05, 0) is 43.0 Å². The summed E-state index contributed by atoms with van der Waals surface area (Å²) in [6.45, 7) is 9.06. The normalized spacial score (nSPS) is 16.7. The van der Waals surface area contributed by atoms with E-state index < -0.39 is 5.60 Å². The van der Waals surface area contributed by atoms with E-state index in [1.165, 1.54) is 5.69 Å². The molecular formula is C21H31IN4O2S. The average Bonchev–Trinajstić information content (AvgIpc) is 3.27. The molecule has 8 heteroatoms. The van der Waals surface area contributed by atoms with Gasteiger partial charge in [-0.2, -0.15) is 0 Å². The summed E-state index contributed by atoms with van der Waals surface area (Å²) >= 11 is 1.56. The Bertz CT molecular complexity index is 745. The second-order valence-corrected chi connectivity index (χ2v) is 8.01. The molecule has 0 amide bonds. The average molecular weight is 530 g/mol. The van der Waals surface area contributed by atoms with Crippen molar-refractivity contribution in [3.63, 3.8) is 0 Å². The first-order chi connectivity index (χ1) is 13.6. The SMILES string of the molecule is CCNC(=NCc1ccc(N2CCOCC2)cc1)NCC(C)(O)c1cccs1.I. The summed E-state index contributed by atoms with van der Waals surface area (Å²) in [5.74, 6) is 0.705. The fourth-order valence-electron chi connectivity index (χ4n) is 3.07. The highest BCUT2D eigenvalue weighted by molar-refractivity contribution is 14.0. The number of thiophene rings is 1. The van der Waals surface area contributed by atoms with E-state index in [1.54, 1.807) is 11.3 Å². The van der Waals surface area contributed by atoms with Crippen LogP contribution in [0.5, 0.6) is 0 Å². The molecule has 3 rings (SSSR count). The van der Waals surface area contributed by atoms with Crippen LogP contribution in [0.2, 0.25) is 0 Å². The largest absolute Gasteiger partial charge is 0.383 e. The molecule has 1 aromatic heterocycles. The predicted octanol–water partition coefficient (Wildman–Crippen LogP) is 3.17. The molecule has 1 aliphatic rings. The molecule has 1 saturated heterocycles. The molecule has 1 unspecified atom stereocenters. The van der Waals surface area contributed by atoms with Gasteiger partial charge in [0.05, 0.1) is 26.3 Å². The Morgan fingerprint density at radius 2 is 1.93 bits per heavy atom. The van der Waals surface area contributed by atoms with Crippen molar-refractivity contribution in [1.82, 2.24) is 10.6 Å². The Morgan fingerprint density at radius 3 is 2.55 bits per heavy atom. The predicted molar refractivity (Wildman–Crippen MR) is 132 cm³/mol. The number of aliphatic hydroxyl groups is 1. The Balaban J connectivity index is 0.00000300. The minimum Gasteiger partial charge on any atom is -0.383 e. The lowest BCUT2D eigenvalue weighted by Crippen LogP contribution is -2.44. The van der Waals surface area contributed by atoms with Gasteiger partial charge in [-0.1, -0.05) is 18.2 Å². The van der Waals surface area contributed by atoms with E-state index in [9.17, 15) is 5.11 Å². The van der Waals surface area contributed by atoms with Crippen LogP contribution in [0, 0.1) is 0 Å². The second kappa shape index (κ2) is 11.7. The zero-order chi connectivity index (χ0) is 19.8. The molecule has 2 aromatic rings. The number of nitrogens with one attached hydrogen (secondary N) is 2. The van der Waals surface area contributed by atoms with Crippen molar-refractivity contribution >= 4 is 47.0 Å². The quantitative estimate of drug-likeness (QED) is 0.292. The monoisotopic (exact) mass is 530 g/mol. The molecule has 3 N–H and O–H groups in total. The molecular weight excluding hydrogens is 499 g/mol. The second-order valence-electron chi connectivity index (χ2n) is 7.07. The Labute approximate surface area is 194 Å². The van der Waals surface area contributed by atoms with E-state index in [1.807, 2.05) is 31.4 Å². The van der Waals surface area contributed by atoms with Crippen LogP contribution in [0.4, 0.5) is 5.69 Å². The van der Waals surface area contributed by atoms with Crippen LogP contribution in [0.3, 0.4) is 0 Å². The van der Waals surface area contributed by atoms with E-state index in [0.29, 0.717) is 19.0 Å². The number of nitrogens with zero attached hydrogens (tertiary/aromatic N) is 2. The van der Waals surface area contributed by atoms with Crippen molar-refractivity contribution in [2.45, 2.75) is 26.0 Å². The molecule has 1 fully saturated rings. The Morgan fingerprint density at radius 1 is 1.21 bits per heavy atom. The van der Waals surface area contributed by atoms with Crippen LogP contribution in [0.15, 0.2) is 46.8 Å². The number of anilines is 1. The van der Waals surface area contributed by atoms with E-state index in [2.05, 4.69) is 44.8 Å². The van der Waals surface area contributed by atoms with Gasteiger partial charge in [-0.25, -0.2) is 4.99 Å². The minimum absolute atomic E-state index is 0. The van der Waals surface area contributed by atoms with Gasteiger partial charge in [-0.3, -0.25) is 0 Å². The fraction of sp³-hybridized carbons (Fsp3) is 0.476. The molecule has 1 atom stereocenters. The van der Waals surface area contributed by atoms with Gasteiger partial charge in [0.25, 0.3) is 0 Å². The number of rotatable bonds is 7. The van der Waals surface area contributed by atoms with Crippen molar-refractivity contribution in [3.8, 4) is 0 Å². The third-order valence-corrected chi connectivity index (χ3v) is 5.85. The van der Waals surface area contributed by atoms with Crippen molar-refractivity contribution in [2.75, 3.05) is 44.3 Å². The van der Waals surface area contributed by atoms with Gasteiger partial charge in [0.1, 0.15) is 5.60 Å². The molecule has 0 spiro atoms. The third-order valence-electron chi connectivity index (χ3n) is 4.73. The first kappa shape index (κ1) is 23.9. The van der Waals surface area contributed by atoms with Crippen LogP contribution < -0.4 is 15.5 Å². The van der Waals surface area contributed by atoms with Crippen LogP contribution in [0.25, 0.3) is 0 Å². The highest BCUT2D eigenvalue weighted by atomic mass is 127. The summed E-state index contributed by atoms with van der Waals surface area (Å²) in [5, 5.41) is 19.2. The smallest absolute Gasteiger partial charge is 0.191 e. The topological polar surface area (TPSA) is 69.1 Å². The fourth-order valence-corrected chi connectivity index (χ4v) is 3.86. The maximum atomic E-state index is 10.7. The number of hydrogen-bond donors (Lipinski definition) is 3. The zero-order valence-corrected chi connectivity index (χ0v) is 20.2. The lowest BCUT2D eigenvalue weighted by molar-refractivity contribution is 0.0655. The van der Waals surface area contributed by atoms with Gasteiger partial charge in [0, 0.05) is 30.2 Å². The van der Waals surface area contributed by atoms with Gasteiger partial charge < -0.3 is 25.4 Å². The van der Waals surface area contributed by atoms with Crippen LogP contribution in [-0.2, 0) is 16.9 Å². The summed E-state index contributed by atoms with van der Waals surface area (Å²) in [5.41, 5.74) is 1.46. The lowest BCUT2D eigenvalue weighted by atomic mass is 10.1. The minimum atomic E-state index is -0.926. The summed E-state index contributed by atoms with van der Waals surface area (Å²) in [7, 11) is 0. The summed E-state index contributed by atoms with van der Waals surface area (Å²) in [6.07, 6.45) is 0. The number of hydrogen-bond acceptors (Lipinski definition) is 5. The number of guanidine groups is 1. The van der Waals surface area contributed by atoms with E-state index >= 15 is 0 Å². The number of aliphatic imine (C=N–C) groups is 1. The van der Waals surface area contributed by atoms with Gasteiger partial charge in [0.2, 0.25) is 0 Å². The molecule has 6 nitrogen and oxygen atoms in total. The number of benzene rings is 1. The Hall–Kier alpha value is -1.36. The van der Waals surface area contributed by atoms with Crippen LogP contribution in [-0.4, -0.2) is 50.5 Å². The van der Waals surface area contributed by atoms with Crippen molar-refractivity contribution in [2.24, 2.45) is 4.99 Å². The molecule has 160 valence electrons. The molecule has 2 heterocycles. The molecule has 1 aromatic carbocycles. The highest BCUT2D eigenvalue weighted by Crippen LogP contribution is 2.24. The maximum absolute atomic E-state index is 10.7. The van der Waals surface area contributed by atoms with E-state index in [4.69, 9.17) is 4.74 Å². The summed E-state index contributed by atoms with van der Waals surface area (Å²) in [6, 6.07) is 12.5. The van der Waals surface area contributed by atoms with Crippen molar-refractivity contribution in [3.05, 3.63) is 52.2 Å². The van der Waals surface area contributed by atoms with Crippen LogP contribution in [0.1, 0.15) is 24.3 Å².